The molecule has 0 saturated heterocycles. The highest BCUT2D eigenvalue weighted by Crippen LogP contribution is 2.22. The van der Waals surface area contributed by atoms with Crippen LogP contribution < -0.4 is 10.0 Å². The van der Waals surface area contributed by atoms with Crippen molar-refractivity contribution in [3.63, 3.8) is 0 Å². The van der Waals surface area contributed by atoms with Gasteiger partial charge in [0, 0.05) is 5.39 Å². The third-order valence-electron chi connectivity index (χ3n) is 2.46. The van der Waals surface area contributed by atoms with Crippen LogP contribution in [0.2, 0.25) is 0 Å². The molecule has 0 aliphatic carbocycles. The summed E-state index contributed by atoms with van der Waals surface area (Å²) in [7, 11) is -3.65. The Balaban J connectivity index is 2.44. The van der Waals surface area contributed by atoms with Crippen LogP contribution >= 0.6 is 0 Å². The van der Waals surface area contributed by atoms with E-state index < -0.39 is 10.0 Å². The Hall–Kier alpha value is -1.92. The first-order chi connectivity index (χ1) is 8.65. The Kier molecular flexibility index (Phi) is 3.59. The van der Waals surface area contributed by atoms with Crippen LogP contribution in [0, 0.1) is 0 Å². The lowest BCUT2D eigenvalue weighted by molar-refractivity contribution is 0.538. The zero-order valence-corrected chi connectivity index (χ0v) is 10.2. The summed E-state index contributed by atoms with van der Waals surface area (Å²) in [5.74, 6) is 0. The topological polar surface area (TPSA) is 75.3 Å². The minimum absolute atomic E-state index is 0.185. The highest BCUT2D eigenvalue weighted by molar-refractivity contribution is 7.89. The quantitative estimate of drug-likeness (QED) is 0.474. The minimum Gasteiger partial charge on any atom is -0.334 e. The second-order valence-corrected chi connectivity index (χ2v) is 5.32. The molecule has 0 unspecified atom stereocenters. The van der Waals surface area contributed by atoms with Crippen molar-refractivity contribution in [3.8, 4) is 0 Å². The maximum Gasteiger partial charge on any atom is 0.310 e. The molecule has 0 aliphatic rings. The molecule has 2 rings (SSSR count). The summed E-state index contributed by atoms with van der Waals surface area (Å²) in [6.07, 6.45) is 1.40. The number of fused-ring (bicyclic) bond motifs is 1. The predicted octanol–water partition coefficient (Wildman–Crippen LogP) is 0.732. The van der Waals surface area contributed by atoms with E-state index in [1.807, 2.05) is 18.2 Å². The summed E-state index contributed by atoms with van der Waals surface area (Å²) < 4.78 is 26.3. The summed E-state index contributed by atoms with van der Waals surface area (Å²) in [4.78, 5) is 10.2. The van der Waals surface area contributed by atoms with Crippen LogP contribution in [0.3, 0.4) is 0 Å². The SMILES string of the molecule is O=[C]NCNS(=O)(=O)c1cccc2ccccc12. The first kappa shape index (κ1) is 12.5. The minimum atomic E-state index is -3.65. The lowest BCUT2D eigenvalue weighted by Crippen LogP contribution is -2.33. The monoisotopic (exact) mass is 263 g/mol. The number of nitrogens with one attached hydrogen (secondary N) is 2. The molecular formula is C12H11N2O3S. The van der Waals surface area contributed by atoms with Crippen molar-refractivity contribution in [1.82, 2.24) is 10.0 Å². The van der Waals surface area contributed by atoms with Crippen molar-refractivity contribution < 1.29 is 13.2 Å². The van der Waals surface area contributed by atoms with Gasteiger partial charge in [0.1, 0.15) is 0 Å². The average Bonchev–Trinajstić information content (AvgIpc) is 2.38. The van der Waals surface area contributed by atoms with Crippen molar-refractivity contribution >= 4 is 27.2 Å². The summed E-state index contributed by atoms with van der Waals surface area (Å²) in [5.41, 5.74) is 0. The largest absolute Gasteiger partial charge is 0.334 e. The molecule has 2 aromatic carbocycles. The van der Waals surface area contributed by atoms with Crippen LogP contribution in [-0.2, 0) is 14.8 Å². The first-order valence-corrected chi connectivity index (χ1v) is 6.71. The van der Waals surface area contributed by atoms with E-state index >= 15 is 0 Å². The summed E-state index contributed by atoms with van der Waals surface area (Å²) in [5, 5.41) is 3.61. The number of sulfonamides is 1. The smallest absolute Gasteiger partial charge is 0.310 e. The fourth-order valence-electron chi connectivity index (χ4n) is 1.67. The van der Waals surface area contributed by atoms with Crippen LogP contribution in [0.5, 0.6) is 0 Å². The molecule has 0 saturated carbocycles. The summed E-state index contributed by atoms with van der Waals surface area (Å²) in [6.45, 7) is -0.185. The summed E-state index contributed by atoms with van der Waals surface area (Å²) in [6, 6.07) is 12.2. The molecule has 0 heterocycles. The number of carbonyl (C=O) groups excluding carboxylic acids is 1. The Morgan fingerprint density at radius 1 is 1.06 bits per heavy atom. The van der Waals surface area contributed by atoms with Crippen molar-refractivity contribution in [1.29, 1.82) is 0 Å². The maximum atomic E-state index is 12.0. The van der Waals surface area contributed by atoms with Gasteiger partial charge in [-0.2, -0.15) is 4.72 Å². The van der Waals surface area contributed by atoms with E-state index in [1.165, 1.54) is 12.5 Å². The third-order valence-corrected chi connectivity index (χ3v) is 3.92. The number of rotatable bonds is 5. The molecular weight excluding hydrogens is 252 g/mol. The molecule has 0 aliphatic heterocycles. The van der Waals surface area contributed by atoms with Gasteiger partial charge in [-0.05, 0) is 11.5 Å². The lowest BCUT2D eigenvalue weighted by Gasteiger charge is -2.08. The fourth-order valence-corrected chi connectivity index (χ4v) is 2.83. The van der Waals surface area contributed by atoms with Gasteiger partial charge in [-0.15, -0.1) is 0 Å². The molecule has 5 nitrogen and oxygen atoms in total. The van der Waals surface area contributed by atoms with Gasteiger partial charge in [0.05, 0.1) is 11.6 Å². The molecule has 1 radical (unpaired) electrons. The van der Waals surface area contributed by atoms with Gasteiger partial charge in [0.2, 0.25) is 10.0 Å². The zero-order valence-electron chi connectivity index (χ0n) is 9.38. The standard InChI is InChI=1S/C12H11N2O3S/c15-9-13-8-14-18(16,17)12-7-3-5-10-4-1-2-6-11(10)12/h1-7,14H,8H2,(H,13,15). The van der Waals surface area contributed by atoms with Crippen molar-refractivity contribution in [2.75, 3.05) is 6.67 Å². The molecule has 0 fully saturated rings. The number of hydrogen-bond donors (Lipinski definition) is 2. The van der Waals surface area contributed by atoms with Crippen molar-refractivity contribution in [2.24, 2.45) is 0 Å². The van der Waals surface area contributed by atoms with Crippen molar-refractivity contribution in [3.05, 3.63) is 42.5 Å². The van der Waals surface area contributed by atoms with E-state index in [9.17, 15) is 13.2 Å². The molecule has 0 bridgehead atoms. The number of hydrogen-bond acceptors (Lipinski definition) is 3. The highest BCUT2D eigenvalue weighted by Gasteiger charge is 2.15. The van der Waals surface area contributed by atoms with Gasteiger partial charge in [-0.1, -0.05) is 36.4 Å². The molecule has 18 heavy (non-hydrogen) atoms. The van der Waals surface area contributed by atoms with E-state index in [-0.39, 0.29) is 11.6 Å². The summed E-state index contributed by atoms with van der Waals surface area (Å²) >= 11 is 0. The average molecular weight is 263 g/mol. The lowest BCUT2D eigenvalue weighted by atomic mass is 10.1. The molecule has 0 atom stereocenters. The van der Waals surface area contributed by atoms with E-state index in [1.54, 1.807) is 18.2 Å². The van der Waals surface area contributed by atoms with E-state index in [0.717, 1.165) is 5.39 Å². The Bertz CT molecular complexity index is 663. The molecule has 2 aromatic rings. The molecule has 0 aromatic heterocycles. The molecule has 93 valence electrons. The normalized spacial score (nSPS) is 11.3. The van der Waals surface area contributed by atoms with E-state index in [4.69, 9.17) is 0 Å². The molecule has 6 heteroatoms. The van der Waals surface area contributed by atoms with E-state index in [2.05, 4.69) is 10.0 Å². The van der Waals surface area contributed by atoms with Crippen LogP contribution in [0.25, 0.3) is 10.8 Å². The molecule has 2 N–H and O–H groups in total. The van der Waals surface area contributed by atoms with Crippen LogP contribution in [-0.4, -0.2) is 21.5 Å². The van der Waals surface area contributed by atoms with Gasteiger partial charge >= 0.3 is 6.41 Å². The maximum absolute atomic E-state index is 12.0. The van der Waals surface area contributed by atoms with Gasteiger partial charge in [-0.25, -0.2) is 8.42 Å². The Morgan fingerprint density at radius 3 is 2.56 bits per heavy atom. The second kappa shape index (κ2) is 5.16. The van der Waals surface area contributed by atoms with Gasteiger partial charge in [0.25, 0.3) is 0 Å². The zero-order chi connectivity index (χ0) is 13.0. The van der Waals surface area contributed by atoms with E-state index in [0.29, 0.717) is 5.39 Å². The fraction of sp³-hybridized carbons (Fsp3) is 0.0833. The van der Waals surface area contributed by atoms with Crippen LogP contribution in [0.1, 0.15) is 0 Å². The predicted molar refractivity (Wildman–Crippen MR) is 68.0 cm³/mol. The number of amides is 1. The van der Waals surface area contributed by atoms with Gasteiger partial charge in [0.15, 0.2) is 0 Å². The second-order valence-electron chi connectivity index (χ2n) is 3.58. The Morgan fingerprint density at radius 2 is 1.78 bits per heavy atom. The van der Waals surface area contributed by atoms with Gasteiger partial charge in [-0.3, -0.25) is 4.79 Å². The molecule has 0 spiro atoms. The third kappa shape index (κ3) is 2.49. The van der Waals surface area contributed by atoms with Crippen LogP contribution in [0.4, 0.5) is 0 Å². The first-order valence-electron chi connectivity index (χ1n) is 5.22. The molecule has 1 amide bonds. The van der Waals surface area contributed by atoms with Gasteiger partial charge < -0.3 is 5.32 Å². The Labute approximate surface area is 105 Å². The van der Waals surface area contributed by atoms with Crippen LogP contribution in [0.15, 0.2) is 47.4 Å². The highest BCUT2D eigenvalue weighted by atomic mass is 32.2. The number of benzene rings is 2. The van der Waals surface area contributed by atoms with Crippen molar-refractivity contribution in [2.45, 2.75) is 4.90 Å².